The van der Waals surface area contributed by atoms with Crippen LogP contribution in [0, 0.1) is 6.92 Å². The Kier molecular flexibility index (Phi) is 3.99. The lowest BCUT2D eigenvalue weighted by Gasteiger charge is -2.16. The van der Waals surface area contributed by atoms with Crippen molar-refractivity contribution in [1.82, 2.24) is 0 Å². The molecule has 0 saturated heterocycles. The van der Waals surface area contributed by atoms with Crippen molar-refractivity contribution < 1.29 is 0 Å². The molecule has 0 bridgehead atoms. The van der Waals surface area contributed by atoms with Gasteiger partial charge in [-0.15, -0.1) is 0 Å². The molecule has 1 atom stereocenters. The Labute approximate surface area is 87.5 Å². The molecule has 0 fully saturated rings. The molecular formula is C13H21N. The lowest BCUT2D eigenvalue weighted by Crippen LogP contribution is -2.14. The number of rotatable bonds is 4. The number of hydrogen-bond acceptors (Lipinski definition) is 1. The van der Waals surface area contributed by atoms with Crippen molar-refractivity contribution in [3.05, 3.63) is 29.3 Å². The summed E-state index contributed by atoms with van der Waals surface area (Å²) >= 11 is 0. The SMILES string of the molecule is CCc1cc(C)ccc1NC(C)CC. The minimum atomic E-state index is 0.558. The predicted molar refractivity (Wildman–Crippen MR) is 63.9 cm³/mol. The van der Waals surface area contributed by atoms with E-state index in [0.717, 1.165) is 12.8 Å². The van der Waals surface area contributed by atoms with E-state index in [1.807, 2.05) is 0 Å². The molecule has 1 heteroatoms. The van der Waals surface area contributed by atoms with E-state index in [-0.39, 0.29) is 0 Å². The van der Waals surface area contributed by atoms with Crippen LogP contribution in [-0.2, 0) is 6.42 Å². The van der Waals surface area contributed by atoms with Crippen LogP contribution in [0.1, 0.15) is 38.3 Å². The van der Waals surface area contributed by atoms with Gasteiger partial charge in [0.25, 0.3) is 0 Å². The van der Waals surface area contributed by atoms with Gasteiger partial charge >= 0.3 is 0 Å². The van der Waals surface area contributed by atoms with E-state index >= 15 is 0 Å². The molecule has 78 valence electrons. The Morgan fingerprint density at radius 2 is 2.00 bits per heavy atom. The number of hydrogen-bond donors (Lipinski definition) is 1. The third kappa shape index (κ3) is 2.76. The highest BCUT2D eigenvalue weighted by atomic mass is 14.9. The highest BCUT2D eigenvalue weighted by Gasteiger charge is 2.03. The van der Waals surface area contributed by atoms with Crippen LogP contribution in [0.4, 0.5) is 5.69 Å². The van der Waals surface area contributed by atoms with Gasteiger partial charge in [-0.25, -0.2) is 0 Å². The number of anilines is 1. The highest BCUT2D eigenvalue weighted by molar-refractivity contribution is 5.53. The number of benzene rings is 1. The van der Waals surface area contributed by atoms with Crippen LogP contribution >= 0.6 is 0 Å². The Morgan fingerprint density at radius 3 is 2.57 bits per heavy atom. The zero-order chi connectivity index (χ0) is 10.6. The monoisotopic (exact) mass is 191 g/mol. The zero-order valence-electron chi connectivity index (χ0n) is 9.72. The Hall–Kier alpha value is -0.980. The van der Waals surface area contributed by atoms with Gasteiger partial charge in [-0.05, 0) is 38.3 Å². The Bertz CT molecular complexity index is 291. The van der Waals surface area contributed by atoms with Crippen molar-refractivity contribution in [2.75, 3.05) is 5.32 Å². The lowest BCUT2D eigenvalue weighted by atomic mass is 10.1. The van der Waals surface area contributed by atoms with Gasteiger partial charge in [-0.2, -0.15) is 0 Å². The van der Waals surface area contributed by atoms with Crippen molar-refractivity contribution in [2.24, 2.45) is 0 Å². The molecule has 0 aliphatic rings. The van der Waals surface area contributed by atoms with Crippen LogP contribution in [0.15, 0.2) is 18.2 Å². The molecule has 0 saturated carbocycles. The Morgan fingerprint density at radius 1 is 1.29 bits per heavy atom. The molecule has 1 unspecified atom stereocenters. The van der Waals surface area contributed by atoms with E-state index < -0.39 is 0 Å². The fourth-order valence-corrected chi connectivity index (χ4v) is 1.52. The predicted octanol–water partition coefficient (Wildman–Crippen LogP) is 3.77. The van der Waals surface area contributed by atoms with Crippen molar-refractivity contribution in [3.63, 3.8) is 0 Å². The zero-order valence-corrected chi connectivity index (χ0v) is 9.72. The van der Waals surface area contributed by atoms with Gasteiger partial charge in [-0.1, -0.05) is 31.5 Å². The first kappa shape index (κ1) is 11.1. The van der Waals surface area contributed by atoms with Crippen molar-refractivity contribution in [2.45, 2.75) is 46.6 Å². The van der Waals surface area contributed by atoms with E-state index in [1.165, 1.54) is 16.8 Å². The molecule has 14 heavy (non-hydrogen) atoms. The van der Waals surface area contributed by atoms with Gasteiger partial charge in [0, 0.05) is 11.7 Å². The van der Waals surface area contributed by atoms with E-state index in [4.69, 9.17) is 0 Å². The van der Waals surface area contributed by atoms with E-state index in [1.54, 1.807) is 0 Å². The van der Waals surface area contributed by atoms with Crippen molar-refractivity contribution in [1.29, 1.82) is 0 Å². The molecule has 0 aliphatic carbocycles. The molecule has 1 aromatic rings. The second-order valence-electron chi connectivity index (χ2n) is 3.97. The van der Waals surface area contributed by atoms with Crippen LogP contribution < -0.4 is 5.32 Å². The average Bonchev–Trinajstić information content (AvgIpc) is 2.20. The van der Waals surface area contributed by atoms with Gasteiger partial charge < -0.3 is 5.32 Å². The van der Waals surface area contributed by atoms with Crippen LogP contribution in [0.2, 0.25) is 0 Å². The summed E-state index contributed by atoms with van der Waals surface area (Å²) in [5.74, 6) is 0. The maximum absolute atomic E-state index is 3.54. The summed E-state index contributed by atoms with van der Waals surface area (Å²) in [5.41, 5.74) is 4.06. The summed E-state index contributed by atoms with van der Waals surface area (Å²) in [4.78, 5) is 0. The average molecular weight is 191 g/mol. The Balaban J connectivity index is 2.85. The number of nitrogens with one attached hydrogen (secondary N) is 1. The molecule has 1 N–H and O–H groups in total. The highest BCUT2D eigenvalue weighted by Crippen LogP contribution is 2.19. The number of aryl methyl sites for hydroxylation is 2. The van der Waals surface area contributed by atoms with Gasteiger partial charge in [0.15, 0.2) is 0 Å². The molecular weight excluding hydrogens is 170 g/mol. The maximum atomic E-state index is 3.54. The molecule has 0 amide bonds. The van der Waals surface area contributed by atoms with Crippen molar-refractivity contribution in [3.8, 4) is 0 Å². The fraction of sp³-hybridized carbons (Fsp3) is 0.538. The molecule has 1 aromatic carbocycles. The van der Waals surface area contributed by atoms with Crippen LogP contribution in [-0.4, -0.2) is 6.04 Å². The summed E-state index contributed by atoms with van der Waals surface area (Å²) in [6, 6.07) is 7.19. The third-order valence-corrected chi connectivity index (χ3v) is 2.66. The van der Waals surface area contributed by atoms with E-state index in [0.29, 0.717) is 6.04 Å². The van der Waals surface area contributed by atoms with Crippen LogP contribution in [0.3, 0.4) is 0 Å². The molecule has 0 aliphatic heterocycles. The topological polar surface area (TPSA) is 12.0 Å². The fourth-order valence-electron chi connectivity index (χ4n) is 1.52. The normalized spacial score (nSPS) is 12.6. The van der Waals surface area contributed by atoms with Crippen LogP contribution in [0.5, 0.6) is 0 Å². The first-order valence-corrected chi connectivity index (χ1v) is 5.53. The largest absolute Gasteiger partial charge is 0.382 e. The molecule has 0 aromatic heterocycles. The van der Waals surface area contributed by atoms with Gasteiger partial charge in [-0.3, -0.25) is 0 Å². The summed E-state index contributed by atoms with van der Waals surface area (Å²) in [7, 11) is 0. The quantitative estimate of drug-likeness (QED) is 0.764. The van der Waals surface area contributed by atoms with Crippen molar-refractivity contribution >= 4 is 5.69 Å². The second kappa shape index (κ2) is 5.04. The third-order valence-electron chi connectivity index (χ3n) is 2.66. The molecule has 0 spiro atoms. The molecule has 1 nitrogen and oxygen atoms in total. The molecule has 0 heterocycles. The summed E-state index contributed by atoms with van der Waals surface area (Å²) in [6.45, 7) is 8.78. The first-order chi connectivity index (χ1) is 6.67. The van der Waals surface area contributed by atoms with E-state index in [2.05, 4.69) is 51.2 Å². The summed E-state index contributed by atoms with van der Waals surface area (Å²) in [6.07, 6.45) is 2.26. The standard InChI is InChI=1S/C13H21N/c1-5-11(4)14-13-8-7-10(3)9-12(13)6-2/h7-9,11,14H,5-6H2,1-4H3. The van der Waals surface area contributed by atoms with Gasteiger partial charge in [0.2, 0.25) is 0 Å². The van der Waals surface area contributed by atoms with Gasteiger partial charge in [0.1, 0.15) is 0 Å². The molecule has 1 rings (SSSR count). The summed E-state index contributed by atoms with van der Waals surface area (Å²) in [5, 5.41) is 3.54. The minimum absolute atomic E-state index is 0.558. The lowest BCUT2D eigenvalue weighted by molar-refractivity contribution is 0.762. The minimum Gasteiger partial charge on any atom is -0.382 e. The summed E-state index contributed by atoms with van der Waals surface area (Å²) < 4.78 is 0. The maximum Gasteiger partial charge on any atom is 0.0374 e. The second-order valence-corrected chi connectivity index (χ2v) is 3.97. The van der Waals surface area contributed by atoms with E-state index in [9.17, 15) is 0 Å². The first-order valence-electron chi connectivity index (χ1n) is 5.53. The molecule has 0 radical (unpaired) electrons. The van der Waals surface area contributed by atoms with Crippen LogP contribution in [0.25, 0.3) is 0 Å². The van der Waals surface area contributed by atoms with Gasteiger partial charge in [0.05, 0.1) is 0 Å². The smallest absolute Gasteiger partial charge is 0.0374 e.